The lowest BCUT2D eigenvalue weighted by Crippen LogP contribution is -2.33. The van der Waals surface area contributed by atoms with Gasteiger partial charge in [-0.25, -0.2) is 14.6 Å². The zero-order valence-electron chi connectivity index (χ0n) is 11.2. The fraction of sp³-hybridized carbons (Fsp3) is 0.308. The molecular formula is C13H13N3O4S. The number of rotatable bonds is 1. The number of thiophene rings is 1. The fourth-order valence-corrected chi connectivity index (χ4v) is 4.05. The van der Waals surface area contributed by atoms with Crippen molar-refractivity contribution in [2.24, 2.45) is 0 Å². The summed E-state index contributed by atoms with van der Waals surface area (Å²) in [5, 5.41) is 19.7. The summed E-state index contributed by atoms with van der Waals surface area (Å²) in [6, 6.07) is 0. The number of fused-ring (bicyclic) bond motifs is 3. The topological polar surface area (TPSA) is 117 Å². The first kappa shape index (κ1) is 13.6. The number of nitrogen functional groups attached to an aromatic ring is 1. The second-order valence-corrected chi connectivity index (χ2v) is 5.87. The van der Waals surface area contributed by atoms with Crippen LogP contribution < -0.4 is 10.6 Å². The summed E-state index contributed by atoms with van der Waals surface area (Å²) < 4.78 is 0. The highest BCUT2D eigenvalue weighted by atomic mass is 32.1. The maximum Gasteiger partial charge on any atom is 0.412 e. The zero-order chi connectivity index (χ0) is 15.3. The molecule has 2 aromatic rings. The molecule has 0 aromatic carbocycles. The zero-order valence-corrected chi connectivity index (χ0v) is 12.0. The lowest BCUT2D eigenvalue weighted by Gasteiger charge is -2.23. The molecule has 0 saturated carbocycles. The Bertz CT molecular complexity index is 784. The van der Waals surface area contributed by atoms with Crippen LogP contribution in [0.2, 0.25) is 0 Å². The largest absolute Gasteiger partial charge is 0.478 e. The molecule has 21 heavy (non-hydrogen) atoms. The molecule has 0 spiro atoms. The van der Waals surface area contributed by atoms with Crippen molar-refractivity contribution >= 4 is 44.3 Å². The predicted octanol–water partition coefficient (Wildman–Crippen LogP) is 2.32. The second kappa shape index (κ2) is 4.59. The summed E-state index contributed by atoms with van der Waals surface area (Å²) in [5.74, 6) is -1.12. The van der Waals surface area contributed by atoms with E-state index in [1.807, 2.05) is 0 Å². The number of amides is 1. The Hall–Kier alpha value is -2.35. The van der Waals surface area contributed by atoms with E-state index in [1.54, 1.807) is 6.92 Å². The summed E-state index contributed by atoms with van der Waals surface area (Å²) in [6.45, 7) is 2.02. The monoisotopic (exact) mass is 307 g/mol. The van der Waals surface area contributed by atoms with Gasteiger partial charge in [-0.05, 0) is 25.3 Å². The molecule has 0 atom stereocenters. The lowest BCUT2D eigenvalue weighted by atomic mass is 10.0. The number of anilines is 2. The lowest BCUT2D eigenvalue weighted by molar-refractivity contribution is 0.0697. The first-order valence-corrected chi connectivity index (χ1v) is 7.18. The number of hydrogen-bond donors (Lipinski definition) is 3. The highest BCUT2D eigenvalue weighted by Gasteiger charge is 2.29. The summed E-state index contributed by atoms with van der Waals surface area (Å²) in [4.78, 5) is 28.8. The summed E-state index contributed by atoms with van der Waals surface area (Å²) in [5.41, 5.74) is 7.33. The number of nitrogens with two attached hydrogens (primary N) is 1. The minimum absolute atomic E-state index is 0.00412. The first-order valence-electron chi connectivity index (χ1n) is 6.37. The normalized spacial score (nSPS) is 14.2. The van der Waals surface area contributed by atoms with Gasteiger partial charge in [0.2, 0.25) is 0 Å². The minimum atomic E-state index is -1.12. The number of aromatic carboxylic acids is 1. The summed E-state index contributed by atoms with van der Waals surface area (Å²) in [7, 11) is 0. The van der Waals surface area contributed by atoms with Gasteiger partial charge in [0.15, 0.2) is 0 Å². The highest BCUT2D eigenvalue weighted by molar-refractivity contribution is 7.23. The molecule has 4 N–H and O–H groups in total. The molecule has 1 aliphatic heterocycles. The highest BCUT2D eigenvalue weighted by Crippen LogP contribution is 2.44. The van der Waals surface area contributed by atoms with Gasteiger partial charge >= 0.3 is 12.1 Å². The standard InChI is InChI=1S/C13H13N3O4S/c1-5-7(12(17)18)9(14)8-6-3-2-4-16(13(19)20)11(6)21-10(8)15-5/h2-4H2,1H3,(H2,14,15)(H,17,18)(H,19,20). The van der Waals surface area contributed by atoms with Crippen molar-refractivity contribution in [3.8, 4) is 0 Å². The van der Waals surface area contributed by atoms with Crippen LogP contribution in [0.15, 0.2) is 0 Å². The average Bonchev–Trinajstić information content (AvgIpc) is 2.75. The number of pyridine rings is 1. The van der Waals surface area contributed by atoms with Crippen LogP contribution in [0.5, 0.6) is 0 Å². The smallest absolute Gasteiger partial charge is 0.412 e. The number of carboxylic acids is 1. The molecule has 0 radical (unpaired) electrons. The Balaban J connectivity index is 2.35. The molecular weight excluding hydrogens is 294 g/mol. The Morgan fingerprint density at radius 1 is 1.38 bits per heavy atom. The van der Waals surface area contributed by atoms with Crippen LogP contribution in [0.25, 0.3) is 10.2 Å². The fourth-order valence-electron chi connectivity index (χ4n) is 2.74. The van der Waals surface area contributed by atoms with Gasteiger partial charge in [0.25, 0.3) is 0 Å². The number of aryl methyl sites for hydroxylation is 2. The van der Waals surface area contributed by atoms with E-state index in [1.165, 1.54) is 16.2 Å². The summed E-state index contributed by atoms with van der Waals surface area (Å²) in [6.07, 6.45) is 0.338. The molecule has 110 valence electrons. The number of nitrogens with zero attached hydrogens (tertiary/aromatic N) is 2. The van der Waals surface area contributed by atoms with E-state index in [0.717, 1.165) is 5.56 Å². The molecule has 7 nitrogen and oxygen atoms in total. The van der Waals surface area contributed by atoms with Crippen LogP contribution in [0, 0.1) is 6.92 Å². The van der Waals surface area contributed by atoms with E-state index in [2.05, 4.69) is 4.98 Å². The van der Waals surface area contributed by atoms with Gasteiger partial charge in [0.1, 0.15) is 15.4 Å². The van der Waals surface area contributed by atoms with E-state index in [9.17, 15) is 19.8 Å². The van der Waals surface area contributed by atoms with Crippen LogP contribution in [0.4, 0.5) is 15.5 Å². The van der Waals surface area contributed by atoms with E-state index < -0.39 is 12.1 Å². The van der Waals surface area contributed by atoms with E-state index >= 15 is 0 Å². The second-order valence-electron chi connectivity index (χ2n) is 4.89. The van der Waals surface area contributed by atoms with Gasteiger partial charge in [-0.15, -0.1) is 0 Å². The third-order valence-corrected chi connectivity index (χ3v) is 4.78. The van der Waals surface area contributed by atoms with E-state index in [4.69, 9.17) is 5.73 Å². The van der Waals surface area contributed by atoms with Crippen LogP contribution in [0.3, 0.4) is 0 Å². The summed E-state index contributed by atoms with van der Waals surface area (Å²) >= 11 is 1.25. The first-order chi connectivity index (χ1) is 9.91. The molecule has 3 heterocycles. The SMILES string of the molecule is Cc1nc2sc3c(c2c(N)c1C(=O)O)CCCN3C(=O)O. The Labute approximate surface area is 123 Å². The molecule has 0 fully saturated rings. The van der Waals surface area contributed by atoms with E-state index in [-0.39, 0.29) is 11.3 Å². The van der Waals surface area contributed by atoms with Crippen molar-refractivity contribution in [3.05, 3.63) is 16.8 Å². The third-order valence-electron chi connectivity index (χ3n) is 3.64. The van der Waals surface area contributed by atoms with Crippen molar-refractivity contribution in [3.63, 3.8) is 0 Å². The van der Waals surface area contributed by atoms with Crippen LogP contribution in [-0.4, -0.2) is 33.8 Å². The maximum absolute atomic E-state index is 11.3. The molecule has 1 amide bonds. The van der Waals surface area contributed by atoms with Gasteiger partial charge in [-0.1, -0.05) is 11.3 Å². The Kier molecular flexibility index (Phi) is 2.98. The van der Waals surface area contributed by atoms with Crippen LogP contribution in [-0.2, 0) is 6.42 Å². The molecule has 1 aliphatic rings. The third kappa shape index (κ3) is 1.90. The Morgan fingerprint density at radius 3 is 2.71 bits per heavy atom. The van der Waals surface area contributed by atoms with Crippen molar-refractivity contribution in [1.29, 1.82) is 0 Å². The minimum Gasteiger partial charge on any atom is -0.478 e. The molecule has 8 heteroatoms. The Morgan fingerprint density at radius 2 is 2.10 bits per heavy atom. The van der Waals surface area contributed by atoms with Gasteiger partial charge in [-0.2, -0.15) is 0 Å². The van der Waals surface area contributed by atoms with Gasteiger partial charge in [-0.3, -0.25) is 4.90 Å². The quantitative estimate of drug-likeness (QED) is 0.744. The predicted molar refractivity (Wildman–Crippen MR) is 79.4 cm³/mol. The number of aromatic nitrogens is 1. The molecule has 0 bridgehead atoms. The average molecular weight is 307 g/mol. The number of hydrogen-bond acceptors (Lipinski definition) is 5. The van der Waals surface area contributed by atoms with Crippen molar-refractivity contribution in [2.45, 2.75) is 19.8 Å². The van der Waals surface area contributed by atoms with Crippen molar-refractivity contribution < 1.29 is 19.8 Å². The number of carboxylic acid groups (broad SMARTS) is 2. The van der Waals surface area contributed by atoms with Crippen LogP contribution >= 0.6 is 11.3 Å². The van der Waals surface area contributed by atoms with Gasteiger partial charge in [0, 0.05) is 11.9 Å². The van der Waals surface area contributed by atoms with Gasteiger partial charge in [0.05, 0.1) is 11.4 Å². The maximum atomic E-state index is 11.3. The molecule has 0 saturated heterocycles. The van der Waals surface area contributed by atoms with Crippen molar-refractivity contribution in [1.82, 2.24) is 4.98 Å². The molecule has 0 aliphatic carbocycles. The molecule has 0 unspecified atom stereocenters. The van der Waals surface area contributed by atoms with Crippen molar-refractivity contribution in [2.75, 3.05) is 17.2 Å². The molecule has 3 rings (SSSR count). The molecule has 2 aromatic heterocycles. The van der Waals surface area contributed by atoms with Gasteiger partial charge < -0.3 is 15.9 Å². The number of carbonyl (C=O) groups is 2. The van der Waals surface area contributed by atoms with E-state index in [0.29, 0.717) is 40.3 Å². The van der Waals surface area contributed by atoms with Crippen LogP contribution in [0.1, 0.15) is 28.0 Å².